The molecule has 5 fully saturated rings. The molecule has 1 N–H and O–H groups in total. The smallest absolute Gasteiger partial charge is 0.0576 e. The predicted molar refractivity (Wildman–Crippen MR) is 33.8 cm³/mol. The van der Waals surface area contributed by atoms with Crippen LogP contribution in [0.1, 0.15) is 19.3 Å². The molecule has 0 heterocycles. The molecular weight excluding hydrogens is 112 g/mol. The van der Waals surface area contributed by atoms with E-state index in [0.717, 1.165) is 30.1 Å². The molecule has 0 spiro atoms. The average molecular weight is 124 g/mol. The van der Waals surface area contributed by atoms with Crippen LogP contribution >= 0.6 is 0 Å². The van der Waals surface area contributed by atoms with Gasteiger partial charge in [0, 0.05) is 0 Å². The van der Waals surface area contributed by atoms with Crippen LogP contribution in [-0.2, 0) is 0 Å². The minimum Gasteiger partial charge on any atom is -0.393 e. The number of aliphatic hydroxyl groups excluding tert-OH is 1. The van der Waals surface area contributed by atoms with Crippen molar-refractivity contribution in [3.8, 4) is 0 Å². The monoisotopic (exact) mass is 124 g/mol. The summed E-state index contributed by atoms with van der Waals surface area (Å²) in [7, 11) is 0. The van der Waals surface area contributed by atoms with Gasteiger partial charge in [0.15, 0.2) is 0 Å². The molecule has 0 aromatic heterocycles. The number of hydrogen-bond donors (Lipinski definition) is 1. The third-order valence-electron chi connectivity index (χ3n) is 3.88. The molecule has 0 aromatic carbocycles. The molecule has 4 bridgehead atoms. The SMILES string of the molecule is O[C@H]1CC2C3CCC2C31. The lowest BCUT2D eigenvalue weighted by atomic mass is 9.71. The molecule has 5 aliphatic carbocycles. The first kappa shape index (κ1) is 4.73. The quantitative estimate of drug-likeness (QED) is 0.511. The van der Waals surface area contributed by atoms with E-state index in [9.17, 15) is 5.11 Å². The second-order valence-electron chi connectivity index (χ2n) is 3.95. The van der Waals surface area contributed by atoms with Gasteiger partial charge in [0.05, 0.1) is 6.10 Å². The van der Waals surface area contributed by atoms with Crippen LogP contribution in [0.15, 0.2) is 0 Å². The molecule has 3 atom stereocenters. The third-order valence-corrected chi connectivity index (χ3v) is 3.88. The summed E-state index contributed by atoms with van der Waals surface area (Å²) in [6.45, 7) is 0. The van der Waals surface area contributed by atoms with E-state index in [1.165, 1.54) is 12.8 Å². The van der Waals surface area contributed by atoms with Gasteiger partial charge in [-0.3, -0.25) is 0 Å². The summed E-state index contributed by atoms with van der Waals surface area (Å²) in [5.41, 5.74) is 0. The van der Waals surface area contributed by atoms with Gasteiger partial charge in [0.1, 0.15) is 0 Å². The van der Waals surface area contributed by atoms with E-state index in [4.69, 9.17) is 0 Å². The van der Waals surface area contributed by atoms with E-state index in [0.29, 0.717) is 0 Å². The average Bonchev–Trinajstić information content (AvgIpc) is 2.34. The molecule has 0 amide bonds. The highest BCUT2D eigenvalue weighted by Crippen LogP contribution is 2.66. The summed E-state index contributed by atoms with van der Waals surface area (Å²) in [4.78, 5) is 0. The molecule has 9 heavy (non-hydrogen) atoms. The van der Waals surface area contributed by atoms with Crippen molar-refractivity contribution < 1.29 is 5.11 Å². The summed E-state index contributed by atoms with van der Waals surface area (Å²) in [6, 6.07) is 0. The molecule has 2 unspecified atom stereocenters. The van der Waals surface area contributed by atoms with Crippen LogP contribution in [0.5, 0.6) is 0 Å². The second kappa shape index (κ2) is 1.20. The standard InChI is InChI=1S/C8H12O/c9-7-3-6-4-1-2-5(6)8(4)7/h4-9H,1-3H2/t4?,5?,6?,7-,8?/m0/s1. The molecule has 1 nitrogen and oxygen atoms in total. The number of rotatable bonds is 0. The van der Waals surface area contributed by atoms with Crippen LogP contribution in [-0.4, -0.2) is 11.2 Å². The maximum Gasteiger partial charge on any atom is 0.0576 e. The third kappa shape index (κ3) is 0.337. The van der Waals surface area contributed by atoms with Crippen LogP contribution in [0.2, 0.25) is 0 Å². The predicted octanol–water partition coefficient (Wildman–Crippen LogP) is 1.02. The minimum atomic E-state index is 0.104. The first-order valence-electron chi connectivity index (χ1n) is 4.06. The molecule has 5 saturated carbocycles. The molecular formula is C8H12O. The van der Waals surface area contributed by atoms with Crippen molar-refractivity contribution in [2.45, 2.75) is 25.4 Å². The lowest BCUT2D eigenvalue weighted by Crippen LogP contribution is -2.32. The highest BCUT2D eigenvalue weighted by atomic mass is 16.3. The van der Waals surface area contributed by atoms with Crippen molar-refractivity contribution in [2.24, 2.45) is 23.7 Å². The van der Waals surface area contributed by atoms with Gasteiger partial charge in [0.25, 0.3) is 0 Å². The van der Waals surface area contributed by atoms with Crippen LogP contribution in [0.4, 0.5) is 0 Å². The van der Waals surface area contributed by atoms with Crippen molar-refractivity contribution in [2.75, 3.05) is 0 Å². The van der Waals surface area contributed by atoms with Gasteiger partial charge in [-0.05, 0) is 42.9 Å². The summed E-state index contributed by atoms with van der Waals surface area (Å²) >= 11 is 0. The van der Waals surface area contributed by atoms with Crippen molar-refractivity contribution in [3.63, 3.8) is 0 Å². The second-order valence-corrected chi connectivity index (χ2v) is 3.95. The molecule has 0 saturated heterocycles. The van der Waals surface area contributed by atoms with Crippen LogP contribution in [0.25, 0.3) is 0 Å². The van der Waals surface area contributed by atoms with E-state index in [1.54, 1.807) is 0 Å². The Morgan fingerprint density at radius 3 is 2.00 bits per heavy atom. The number of fused-ring (bicyclic) bond motifs is 2. The Hall–Kier alpha value is -0.0400. The molecule has 5 rings (SSSR count). The zero-order valence-electron chi connectivity index (χ0n) is 5.46. The first-order chi connectivity index (χ1) is 4.38. The molecule has 5 aliphatic rings. The van der Waals surface area contributed by atoms with Crippen molar-refractivity contribution in [3.05, 3.63) is 0 Å². The molecule has 0 radical (unpaired) electrons. The zero-order valence-corrected chi connectivity index (χ0v) is 5.46. The van der Waals surface area contributed by atoms with Crippen molar-refractivity contribution in [1.29, 1.82) is 0 Å². The molecule has 50 valence electrons. The van der Waals surface area contributed by atoms with Gasteiger partial charge in [-0.15, -0.1) is 0 Å². The minimum absolute atomic E-state index is 0.104. The summed E-state index contributed by atoms with van der Waals surface area (Å²) < 4.78 is 0. The normalized spacial score (nSPS) is 68.3. The van der Waals surface area contributed by atoms with E-state index in [-0.39, 0.29) is 6.10 Å². The fourth-order valence-electron chi connectivity index (χ4n) is 3.61. The Kier molecular flexibility index (Phi) is 0.628. The van der Waals surface area contributed by atoms with Gasteiger partial charge >= 0.3 is 0 Å². The Balaban J connectivity index is 2.01. The number of hydrogen-bond acceptors (Lipinski definition) is 1. The Morgan fingerprint density at radius 1 is 1.00 bits per heavy atom. The molecule has 0 aromatic rings. The number of aliphatic hydroxyl groups is 1. The van der Waals surface area contributed by atoms with Crippen LogP contribution < -0.4 is 0 Å². The van der Waals surface area contributed by atoms with E-state index >= 15 is 0 Å². The van der Waals surface area contributed by atoms with Crippen LogP contribution in [0.3, 0.4) is 0 Å². The fourth-order valence-corrected chi connectivity index (χ4v) is 3.61. The van der Waals surface area contributed by atoms with Gasteiger partial charge in [-0.1, -0.05) is 0 Å². The Labute approximate surface area is 55.1 Å². The molecule has 1 heteroatoms. The van der Waals surface area contributed by atoms with Crippen LogP contribution in [0, 0.1) is 23.7 Å². The Bertz CT molecular complexity index is 143. The van der Waals surface area contributed by atoms with Crippen molar-refractivity contribution >= 4 is 0 Å². The Morgan fingerprint density at radius 2 is 1.67 bits per heavy atom. The van der Waals surface area contributed by atoms with Crippen molar-refractivity contribution in [1.82, 2.24) is 0 Å². The largest absolute Gasteiger partial charge is 0.393 e. The first-order valence-corrected chi connectivity index (χ1v) is 4.06. The topological polar surface area (TPSA) is 20.2 Å². The van der Waals surface area contributed by atoms with Gasteiger partial charge < -0.3 is 5.11 Å². The fraction of sp³-hybridized carbons (Fsp3) is 1.00. The highest BCUT2D eigenvalue weighted by Gasteiger charge is 2.63. The summed E-state index contributed by atoms with van der Waals surface area (Å²) in [5.74, 6) is 3.65. The zero-order chi connectivity index (χ0) is 6.01. The van der Waals surface area contributed by atoms with Gasteiger partial charge in [-0.25, -0.2) is 0 Å². The highest BCUT2D eigenvalue weighted by molar-refractivity contribution is 5.12. The summed E-state index contributed by atoms with van der Waals surface area (Å²) in [5, 5.41) is 9.42. The maximum atomic E-state index is 9.42. The van der Waals surface area contributed by atoms with E-state index in [1.807, 2.05) is 0 Å². The lowest BCUT2D eigenvalue weighted by molar-refractivity contribution is 0.0663. The van der Waals surface area contributed by atoms with Gasteiger partial charge in [-0.2, -0.15) is 0 Å². The van der Waals surface area contributed by atoms with E-state index < -0.39 is 0 Å². The van der Waals surface area contributed by atoms with Gasteiger partial charge in [0.2, 0.25) is 0 Å². The van der Waals surface area contributed by atoms with E-state index in [2.05, 4.69) is 0 Å². The maximum absolute atomic E-state index is 9.42. The lowest BCUT2D eigenvalue weighted by Gasteiger charge is -2.34. The molecule has 0 aliphatic heterocycles. The summed E-state index contributed by atoms with van der Waals surface area (Å²) in [6.07, 6.45) is 4.10.